The minimum Gasteiger partial charge on any atom is -0.336 e. The summed E-state index contributed by atoms with van der Waals surface area (Å²) >= 11 is 6.16. The monoisotopic (exact) mass is 278 g/mol. The minimum atomic E-state index is -0.908. The van der Waals surface area contributed by atoms with Crippen LogP contribution < -0.4 is 5.32 Å². The van der Waals surface area contributed by atoms with Gasteiger partial charge in [0.2, 0.25) is 5.91 Å². The van der Waals surface area contributed by atoms with E-state index in [9.17, 15) is 10.1 Å². The van der Waals surface area contributed by atoms with E-state index in [0.29, 0.717) is 0 Å². The lowest BCUT2D eigenvalue weighted by Crippen LogP contribution is -2.49. The molecule has 102 valence electrons. The van der Waals surface area contributed by atoms with Crippen LogP contribution in [0.2, 0.25) is 0 Å². The molecule has 0 aliphatic carbocycles. The van der Waals surface area contributed by atoms with Crippen molar-refractivity contribution >= 4 is 17.5 Å². The normalized spacial score (nSPS) is 15.4. The fraction of sp³-hybridized carbons (Fsp3) is 0.467. The van der Waals surface area contributed by atoms with Gasteiger partial charge in [-0.25, -0.2) is 0 Å². The number of alkyl halides is 1. The molecular formula is C15H19ClN2O. The third-order valence-electron chi connectivity index (χ3n) is 3.37. The van der Waals surface area contributed by atoms with Gasteiger partial charge in [-0.15, -0.1) is 11.6 Å². The third kappa shape index (κ3) is 3.71. The predicted octanol–water partition coefficient (Wildman–Crippen LogP) is 3.33. The van der Waals surface area contributed by atoms with Crippen LogP contribution in [-0.2, 0) is 4.79 Å². The Kier molecular flexibility index (Phi) is 4.97. The van der Waals surface area contributed by atoms with E-state index in [1.807, 2.05) is 45.0 Å². The Balaban J connectivity index is 2.84. The van der Waals surface area contributed by atoms with Crippen molar-refractivity contribution in [2.24, 2.45) is 5.92 Å². The average Bonchev–Trinajstić information content (AvgIpc) is 2.38. The predicted molar refractivity (Wildman–Crippen MR) is 76.8 cm³/mol. The number of amides is 1. The SMILES string of the molecule is Cc1ccc(C(Cl)C(=O)NC(C)(C#N)C(C)C)cc1. The molecule has 0 radical (unpaired) electrons. The summed E-state index contributed by atoms with van der Waals surface area (Å²) < 4.78 is 0. The van der Waals surface area contributed by atoms with Gasteiger partial charge in [-0.2, -0.15) is 5.26 Å². The number of aryl methyl sites for hydroxylation is 1. The molecule has 0 bridgehead atoms. The number of carbonyl (C=O) groups excluding carboxylic acids is 1. The number of benzene rings is 1. The number of hydrogen-bond donors (Lipinski definition) is 1. The van der Waals surface area contributed by atoms with Gasteiger partial charge in [0.05, 0.1) is 6.07 Å². The maximum absolute atomic E-state index is 12.1. The molecule has 2 atom stereocenters. The van der Waals surface area contributed by atoms with Crippen molar-refractivity contribution in [1.29, 1.82) is 5.26 Å². The number of halogens is 1. The lowest BCUT2D eigenvalue weighted by atomic mass is 9.90. The summed E-state index contributed by atoms with van der Waals surface area (Å²) in [7, 11) is 0. The van der Waals surface area contributed by atoms with Crippen molar-refractivity contribution in [1.82, 2.24) is 5.32 Å². The van der Waals surface area contributed by atoms with E-state index in [1.54, 1.807) is 6.92 Å². The van der Waals surface area contributed by atoms with Crippen molar-refractivity contribution in [2.75, 3.05) is 0 Å². The maximum atomic E-state index is 12.1. The lowest BCUT2D eigenvalue weighted by Gasteiger charge is -2.28. The minimum absolute atomic E-state index is 0.00309. The van der Waals surface area contributed by atoms with Crippen LogP contribution in [0.25, 0.3) is 0 Å². The van der Waals surface area contributed by atoms with Gasteiger partial charge < -0.3 is 5.32 Å². The van der Waals surface area contributed by atoms with Gasteiger partial charge in [-0.1, -0.05) is 43.7 Å². The molecule has 19 heavy (non-hydrogen) atoms. The highest BCUT2D eigenvalue weighted by Crippen LogP contribution is 2.23. The van der Waals surface area contributed by atoms with Crippen LogP contribution >= 0.6 is 11.6 Å². The maximum Gasteiger partial charge on any atom is 0.243 e. The molecule has 0 fully saturated rings. The van der Waals surface area contributed by atoms with Gasteiger partial charge in [-0.05, 0) is 25.3 Å². The third-order valence-corrected chi connectivity index (χ3v) is 3.82. The van der Waals surface area contributed by atoms with Gasteiger partial charge in [0, 0.05) is 0 Å². The van der Waals surface area contributed by atoms with E-state index in [0.717, 1.165) is 11.1 Å². The fourth-order valence-corrected chi connectivity index (χ4v) is 1.71. The molecule has 0 saturated carbocycles. The van der Waals surface area contributed by atoms with Crippen LogP contribution in [0, 0.1) is 24.2 Å². The summed E-state index contributed by atoms with van der Waals surface area (Å²) in [6, 6.07) is 9.60. The molecule has 0 saturated heterocycles. The number of hydrogen-bond acceptors (Lipinski definition) is 2. The van der Waals surface area contributed by atoms with E-state index in [4.69, 9.17) is 11.6 Å². The molecule has 0 spiro atoms. The second-order valence-corrected chi connectivity index (χ2v) is 5.67. The molecule has 1 rings (SSSR count). The smallest absolute Gasteiger partial charge is 0.243 e. The Morgan fingerprint density at radius 3 is 2.32 bits per heavy atom. The molecule has 2 unspecified atom stereocenters. The van der Waals surface area contributed by atoms with Gasteiger partial charge in [0.1, 0.15) is 10.9 Å². The molecule has 0 heterocycles. The summed E-state index contributed by atoms with van der Waals surface area (Å²) in [6.45, 7) is 7.45. The highest BCUT2D eigenvalue weighted by Gasteiger charge is 2.32. The van der Waals surface area contributed by atoms with Crippen molar-refractivity contribution < 1.29 is 4.79 Å². The van der Waals surface area contributed by atoms with E-state index >= 15 is 0 Å². The molecule has 1 aromatic rings. The van der Waals surface area contributed by atoms with Gasteiger partial charge in [0.25, 0.3) is 0 Å². The van der Waals surface area contributed by atoms with Crippen LogP contribution in [0.1, 0.15) is 37.3 Å². The first-order valence-electron chi connectivity index (χ1n) is 6.24. The summed E-state index contributed by atoms with van der Waals surface area (Å²) in [4.78, 5) is 12.1. The van der Waals surface area contributed by atoms with Crippen LogP contribution in [0.15, 0.2) is 24.3 Å². The molecule has 0 aliphatic rings. The zero-order valence-corrected chi connectivity index (χ0v) is 12.5. The highest BCUT2D eigenvalue weighted by atomic mass is 35.5. The summed E-state index contributed by atoms with van der Waals surface area (Å²) in [5, 5.41) is 11.1. The number of nitriles is 1. The van der Waals surface area contributed by atoms with E-state index in [-0.39, 0.29) is 11.8 Å². The van der Waals surface area contributed by atoms with Gasteiger partial charge in [-0.3, -0.25) is 4.79 Å². The second kappa shape index (κ2) is 6.08. The Bertz CT molecular complexity index is 490. The van der Waals surface area contributed by atoms with Gasteiger partial charge >= 0.3 is 0 Å². The van der Waals surface area contributed by atoms with Crippen molar-refractivity contribution in [3.05, 3.63) is 35.4 Å². The quantitative estimate of drug-likeness (QED) is 0.859. The highest BCUT2D eigenvalue weighted by molar-refractivity contribution is 6.30. The summed E-state index contributed by atoms with van der Waals surface area (Å²) in [5.41, 5.74) is 0.931. The molecule has 0 aromatic heterocycles. The van der Waals surface area contributed by atoms with Crippen molar-refractivity contribution in [2.45, 2.75) is 38.6 Å². The first-order chi connectivity index (χ1) is 8.80. The van der Waals surface area contributed by atoms with E-state index < -0.39 is 10.9 Å². The van der Waals surface area contributed by atoms with Crippen LogP contribution in [-0.4, -0.2) is 11.4 Å². The Labute approximate surface area is 119 Å². The summed E-state index contributed by atoms with van der Waals surface area (Å²) in [6.07, 6.45) is 0. The molecule has 1 N–H and O–H groups in total. The van der Waals surface area contributed by atoms with Crippen molar-refractivity contribution in [3.63, 3.8) is 0 Å². The molecule has 1 aromatic carbocycles. The Morgan fingerprint density at radius 1 is 1.37 bits per heavy atom. The average molecular weight is 279 g/mol. The Morgan fingerprint density at radius 2 is 1.89 bits per heavy atom. The first kappa shape index (κ1) is 15.5. The second-order valence-electron chi connectivity index (χ2n) is 5.23. The van der Waals surface area contributed by atoms with Crippen molar-refractivity contribution in [3.8, 4) is 6.07 Å². The van der Waals surface area contributed by atoms with Gasteiger partial charge in [0.15, 0.2) is 0 Å². The van der Waals surface area contributed by atoms with Crippen LogP contribution in [0.4, 0.5) is 0 Å². The topological polar surface area (TPSA) is 52.9 Å². The first-order valence-corrected chi connectivity index (χ1v) is 6.67. The molecule has 4 heteroatoms. The molecule has 1 amide bonds. The molecule has 0 aliphatic heterocycles. The van der Waals surface area contributed by atoms with E-state index in [2.05, 4.69) is 11.4 Å². The molecular weight excluding hydrogens is 260 g/mol. The number of carbonyl (C=O) groups is 1. The standard InChI is InChI=1S/C15H19ClN2O/c1-10(2)15(4,9-17)18-14(19)13(16)12-7-5-11(3)6-8-12/h5-8,10,13H,1-4H3,(H,18,19). The van der Waals surface area contributed by atoms with Crippen LogP contribution in [0.3, 0.4) is 0 Å². The number of nitrogens with zero attached hydrogens (tertiary/aromatic N) is 1. The lowest BCUT2D eigenvalue weighted by molar-refractivity contribution is -0.122. The Hall–Kier alpha value is -1.53. The van der Waals surface area contributed by atoms with E-state index in [1.165, 1.54) is 0 Å². The zero-order chi connectivity index (χ0) is 14.6. The molecule has 3 nitrogen and oxygen atoms in total. The zero-order valence-electron chi connectivity index (χ0n) is 11.7. The largest absolute Gasteiger partial charge is 0.336 e. The fourth-order valence-electron chi connectivity index (χ4n) is 1.51. The summed E-state index contributed by atoms with van der Waals surface area (Å²) in [5.74, 6) is -0.341. The number of nitrogens with one attached hydrogen (secondary N) is 1. The van der Waals surface area contributed by atoms with Crippen LogP contribution in [0.5, 0.6) is 0 Å². The number of rotatable bonds is 4.